The van der Waals surface area contributed by atoms with Crippen LogP contribution in [0.4, 0.5) is 0 Å². The second kappa shape index (κ2) is 14.0. The molecule has 8 bridgehead atoms. The van der Waals surface area contributed by atoms with Gasteiger partial charge < -0.3 is 29.5 Å². The Labute approximate surface area is 321 Å². The third-order valence-electron chi connectivity index (χ3n) is 10.2. The summed E-state index contributed by atoms with van der Waals surface area (Å²) in [7, 11) is -8.93. The van der Waals surface area contributed by atoms with E-state index in [0.717, 1.165) is 61.1 Å². The molecule has 4 aromatic carbocycles. The first-order valence-corrected chi connectivity index (χ1v) is 21.1. The Morgan fingerprint density at radius 2 is 1.07 bits per heavy atom. The minimum Gasteiger partial charge on any atom is -0.358 e. The molecule has 276 valence electrons. The van der Waals surface area contributed by atoms with Gasteiger partial charge in [-0.2, -0.15) is 0 Å². The monoisotopic (exact) mass is 776 g/mol. The Kier molecular flexibility index (Phi) is 8.91. The molecular weight excluding hydrogens is 742 g/mol. The molecular formula is C44H34N4O6P2. The molecule has 56 heavy (non-hydrogen) atoms. The minimum atomic E-state index is -4.46. The highest BCUT2D eigenvalue weighted by atomic mass is 31.2. The number of allylic oxidation sites excluding steroid dienone is 3. The Morgan fingerprint density at radius 1 is 0.518 bits per heavy atom. The van der Waals surface area contributed by atoms with Crippen molar-refractivity contribution in [2.75, 3.05) is 0 Å². The first kappa shape index (κ1) is 35.7. The summed E-state index contributed by atoms with van der Waals surface area (Å²) in [5, 5.41) is 1.42. The molecule has 9 rings (SSSR count). The van der Waals surface area contributed by atoms with Gasteiger partial charge >= 0.3 is 15.2 Å². The fourth-order valence-corrected chi connectivity index (χ4v) is 8.71. The molecule has 0 fully saturated rings. The maximum atomic E-state index is 12.1. The summed E-state index contributed by atoms with van der Waals surface area (Å²) < 4.78 is 24.2. The molecule has 0 radical (unpaired) electrons. The number of aliphatic imine (C=N–C) groups is 2. The Bertz CT molecular complexity index is 2890. The summed E-state index contributed by atoms with van der Waals surface area (Å²) in [5.41, 5.74) is 9.57. The maximum Gasteiger partial charge on any atom is 0.356 e. The van der Waals surface area contributed by atoms with E-state index in [2.05, 4.69) is 28.2 Å². The summed E-state index contributed by atoms with van der Waals surface area (Å²) in [6, 6.07) is 40.5. The van der Waals surface area contributed by atoms with Crippen molar-refractivity contribution in [3.05, 3.63) is 208 Å². The lowest BCUT2D eigenvalue weighted by atomic mass is 9.89. The fourth-order valence-electron chi connectivity index (χ4n) is 7.63. The van der Waals surface area contributed by atoms with E-state index in [0.29, 0.717) is 17.1 Å². The lowest BCUT2D eigenvalue weighted by Gasteiger charge is -2.21. The highest BCUT2D eigenvalue weighted by molar-refractivity contribution is 7.60. The smallest absolute Gasteiger partial charge is 0.356 e. The van der Waals surface area contributed by atoms with Crippen LogP contribution in [0.3, 0.4) is 0 Å². The Morgan fingerprint density at radius 3 is 1.68 bits per heavy atom. The molecule has 3 aliphatic rings. The number of benzene rings is 4. The molecule has 10 nitrogen and oxygen atoms in total. The van der Waals surface area contributed by atoms with Gasteiger partial charge in [0.1, 0.15) is 0 Å². The minimum absolute atomic E-state index is 0.0672. The van der Waals surface area contributed by atoms with Crippen molar-refractivity contribution in [2.24, 2.45) is 9.98 Å². The first-order valence-electron chi connectivity index (χ1n) is 17.9. The van der Waals surface area contributed by atoms with E-state index in [-0.39, 0.29) is 22.6 Å². The van der Waals surface area contributed by atoms with Crippen molar-refractivity contribution >= 4 is 53.9 Å². The quantitative estimate of drug-likeness (QED) is 0.125. The van der Waals surface area contributed by atoms with E-state index in [1.807, 2.05) is 91.0 Å². The molecule has 6 N–H and O–H groups in total. The van der Waals surface area contributed by atoms with Gasteiger partial charge in [0.05, 0.1) is 39.7 Å². The zero-order valence-electron chi connectivity index (χ0n) is 29.6. The number of rotatable bonds is 6. The van der Waals surface area contributed by atoms with Crippen LogP contribution < -0.4 is 21.3 Å². The Hall–Kier alpha value is -5.96. The van der Waals surface area contributed by atoms with E-state index < -0.39 is 15.2 Å². The van der Waals surface area contributed by atoms with Crippen LogP contribution in [0, 0.1) is 0 Å². The van der Waals surface area contributed by atoms with Gasteiger partial charge in [0.2, 0.25) is 0 Å². The van der Waals surface area contributed by atoms with Gasteiger partial charge in [-0.3, -0.25) is 14.1 Å². The summed E-state index contributed by atoms with van der Waals surface area (Å²) in [6.45, 7) is 0. The molecule has 3 aliphatic heterocycles. The van der Waals surface area contributed by atoms with E-state index in [4.69, 9.17) is 9.98 Å². The van der Waals surface area contributed by atoms with Gasteiger partial charge in [-0.1, -0.05) is 91.0 Å². The van der Waals surface area contributed by atoms with Crippen molar-refractivity contribution in [2.45, 2.75) is 12.0 Å². The molecule has 0 aliphatic carbocycles. The average Bonchev–Trinajstić information content (AvgIpc) is 4.03. The molecule has 0 saturated carbocycles. The molecule has 2 aromatic heterocycles. The summed E-state index contributed by atoms with van der Waals surface area (Å²) in [6.07, 6.45) is 8.01. The van der Waals surface area contributed by atoms with Gasteiger partial charge in [-0.05, 0) is 89.0 Å². The van der Waals surface area contributed by atoms with Gasteiger partial charge in [-0.25, -0.2) is 4.99 Å². The molecule has 0 saturated heterocycles. The number of hydrogen-bond acceptors (Lipinski definition) is 4. The SMILES string of the molecule is O=P(O)(O)c1ccc(/C2=C3\C=CC(=N3)/C(c3ccccc3)=c3/cc/c([nH]3)=C(\c3ccc(P(=O)(O)O)cc3)C3=NC(C=C3)C(c3ccccc3)c3ccc2[nH]3)cc1. The second-order valence-electron chi connectivity index (χ2n) is 13.8. The Balaban J connectivity index is 1.35. The standard InChI is InChI=1S/C44H34N4O6P2/c49-55(50,51)31-15-11-29(12-16-31)43-37-23-19-33(45-37)41(27-7-3-1-4-8-27)34-20-24-38(46-34)44(30-13-17-32(18-14-30)56(52,53)54)40-26-22-36(48-40)42(28-9-5-2-6-10-28)35-21-25-39(43)47-35/h1-26,33,41,46-47H,(H2,49,50,51)(H2,52,53,54)/b42-35-,43-39-,44-40-. The van der Waals surface area contributed by atoms with Crippen LogP contribution in [0.2, 0.25) is 0 Å². The van der Waals surface area contributed by atoms with Gasteiger partial charge in [0.25, 0.3) is 0 Å². The number of H-pyrrole nitrogens is 2. The second-order valence-corrected chi connectivity index (χ2v) is 17.0. The van der Waals surface area contributed by atoms with Crippen molar-refractivity contribution in [3.63, 3.8) is 0 Å². The van der Waals surface area contributed by atoms with Crippen molar-refractivity contribution < 1.29 is 28.7 Å². The third kappa shape index (κ3) is 6.69. The molecule has 2 atom stereocenters. The molecule has 12 heteroatoms. The largest absolute Gasteiger partial charge is 0.358 e. The summed E-state index contributed by atoms with van der Waals surface area (Å²) in [5.74, 6) is -0.233. The average molecular weight is 777 g/mol. The number of nitrogens with one attached hydrogen (secondary N) is 2. The fraction of sp³-hybridized carbons (Fsp3) is 0.0455. The number of fused-ring (bicyclic) bond motifs is 6. The van der Waals surface area contributed by atoms with Crippen molar-refractivity contribution in [1.29, 1.82) is 0 Å². The molecule has 2 unspecified atom stereocenters. The van der Waals surface area contributed by atoms with Crippen LogP contribution in [0.1, 0.15) is 39.6 Å². The normalized spacial score (nSPS) is 21.3. The van der Waals surface area contributed by atoms with E-state index in [1.165, 1.54) is 24.3 Å². The molecule has 0 amide bonds. The number of nitrogens with zero attached hydrogens (tertiary/aromatic N) is 2. The zero-order valence-corrected chi connectivity index (χ0v) is 31.3. The van der Waals surface area contributed by atoms with Crippen LogP contribution in [0.25, 0.3) is 16.7 Å². The predicted molar refractivity (Wildman–Crippen MR) is 220 cm³/mol. The van der Waals surface area contributed by atoms with E-state index in [1.54, 1.807) is 24.3 Å². The highest BCUT2D eigenvalue weighted by Gasteiger charge is 2.30. The highest BCUT2D eigenvalue weighted by Crippen LogP contribution is 2.39. The van der Waals surface area contributed by atoms with Crippen LogP contribution in [0.5, 0.6) is 0 Å². The van der Waals surface area contributed by atoms with Gasteiger partial charge in [0, 0.05) is 38.8 Å². The van der Waals surface area contributed by atoms with Crippen LogP contribution in [-0.4, -0.2) is 47.0 Å². The summed E-state index contributed by atoms with van der Waals surface area (Å²) >= 11 is 0. The first-order chi connectivity index (χ1) is 27.0. The van der Waals surface area contributed by atoms with E-state index in [9.17, 15) is 28.7 Å². The zero-order chi connectivity index (χ0) is 38.6. The molecule has 6 aromatic rings. The van der Waals surface area contributed by atoms with Crippen molar-refractivity contribution in [3.8, 4) is 0 Å². The number of aromatic amines is 2. The van der Waals surface area contributed by atoms with Gasteiger partial charge in [0.15, 0.2) is 0 Å². The number of aromatic nitrogens is 2. The topological polar surface area (TPSA) is 171 Å². The third-order valence-corrected chi connectivity index (χ3v) is 12.2. The van der Waals surface area contributed by atoms with Crippen LogP contribution >= 0.6 is 15.2 Å². The lowest BCUT2D eigenvalue weighted by molar-refractivity contribution is 0.385. The lowest BCUT2D eigenvalue weighted by Crippen LogP contribution is -2.21. The number of hydrogen-bond donors (Lipinski definition) is 6. The van der Waals surface area contributed by atoms with Crippen molar-refractivity contribution in [1.82, 2.24) is 9.97 Å². The predicted octanol–water partition coefficient (Wildman–Crippen LogP) is 5.34. The molecule has 0 spiro atoms. The molecule has 5 heterocycles. The van der Waals surface area contributed by atoms with Crippen LogP contribution in [0.15, 0.2) is 173 Å². The van der Waals surface area contributed by atoms with Crippen LogP contribution in [-0.2, 0) is 9.13 Å². The van der Waals surface area contributed by atoms with Gasteiger partial charge in [-0.15, -0.1) is 0 Å². The summed E-state index contributed by atoms with van der Waals surface area (Å²) in [4.78, 5) is 57.4. The van der Waals surface area contributed by atoms with E-state index >= 15 is 0 Å². The maximum absolute atomic E-state index is 12.1.